The van der Waals surface area contributed by atoms with Gasteiger partial charge in [0.25, 0.3) is 5.91 Å². The second kappa shape index (κ2) is 6.62. The molecule has 0 aliphatic heterocycles. The van der Waals surface area contributed by atoms with Crippen LogP contribution in [0.2, 0.25) is 0 Å². The van der Waals surface area contributed by atoms with Crippen molar-refractivity contribution in [2.45, 2.75) is 13.5 Å². The molecule has 4 aromatic rings. The van der Waals surface area contributed by atoms with Gasteiger partial charge in [-0.3, -0.25) is 14.4 Å². The minimum Gasteiger partial charge on any atom is -0.467 e. The van der Waals surface area contributed by atoms with Crippen molar-refractivity contribution in [2.24, 2.45) is 7.05 Å². The van der Waals surface area contributed by atoms with E-state index >= 15 is 0 Å². The summed E-state index contributed by atoms with van der Waals surface area (Å²) in [6.45, 7) is 1.89. The third kappa shape index (κ3) is 3.12. The topological polar surface area (TPSA) is 51.3 Å². The molecule has 8 heteroatoms. The minimum atomic E-state index is -0.811. The highest BCUT2D eigenvalue weighted by Crippen LogP contribution is 2.31. The van der Waals surface area contributed by atoms with Crippen LogP contribution in [0.15, 0.2) is 47.1 Å². The van der Waals surface area contributed by atoms with Crippen LogP contribution in [0.5, 0.6) is 0 Å². The van der Waals surface area contributed by atoms with Crippen molar-refractivity contribution in [2.75, 3.05) is 4.90 Å². The van der Waals surface area contributed by atoms with Gasteiger partial charge in [-0.15, -0.1) is 11.3 Å². The quantitative estimate of drug-likeness (QED) is 0.512. The first-order chi connectivity index (χ1) is 12.9. The fourth-order valence-electron chi connectivity index (χ4n) is 2.97. The summed E-state index contributed by atoms with van der Waals surface area (Å²) in [5, 5.41) is 5.20. The molecule has 0 bridgehead atoms. The van der Waals surface area contributed by atoms with Crippen LogP contribution in [0, 0.1) is 18.6 Å². The number of fused-ring (bicyclic) bond motifs is 1. The van der Waals surface area contributed by atoms with Crippen molar-refractivity contribution in [1.29, 1.82) is 0 Å². The number of thiophene rings is 1. The minimum absolute atomic E-state index is 0.00916. The lowest BCUT2D eigenvalue weighted by Crippen LogP contribution is -2.30. The number of carbonyl (C=O) groups excluding carboxylic acids is 1. The summed E-state index contributed by atoms with van der Waals surface area (Å²) in [6, 6.07) is 8.28. The molecule has 0 saturated carbocycles. The van der Waals surface area contributed by atoms with Gasteiger partial charge in [-0.1, -0.05) is 0 Å². The fraction of sp³-hybridized carbons (Fsp3) is 0.158. The third-order valence-electron chi connectivity index (χ3n) is 4.25. The highest BCUT2D eigenvalue weighted by molar-refractivity contribution is 7.20. The van der Waals surface area contributed by atoms with Gasteiger partial charge in [0.15, 0.2) is 0 Å². The number of aryl methyl sites for hydroxylation is 2. The van der Waals surface area contributed by atoms with Crippen molar-refractivity contribution < 1.29 is 18.0 Å². The van der Waals surface area contributed by atoms with E-state index in [0.717, 1.165) is 28.0 Å². The van der Waals surface area contributed by atoms with Crippen LogP contribution in [0.25, 0.3) is 10.2 Å². The number of rotatable bonds is 4. The van der Waals surface area contributed by atoms with Gasteiger partial charge in [0.1, 0.15) is 22.2 Å². The summed E-state index contributed by atoms with van der Waals surface area (Å²) in [6.07, 6.45) is 1.48. The van der Waals surface area contributed by atoms with Gasteiger partial charge in [0.05, 0.1) is 29.1 Å². The third-order valence-corrected chi connectivity index (χ3v) is 5.44. The van der Waals surface area contributed by atoms with Gasteiger partial charge >= 0.3 is 0 Å². The van der Waals surface area contributed by atoms with Gasteiger partial charge in [0, 0.05) is 18.5 Å². The molecule has 5 nitrogen and oxygen atoms in total. The average Bonchev–Trinajstić information content (AvgIpc) is 3.33. The van der Waals surface area contributed by atoms with E-state index in [4.69, 9.17) is 4.42 Å². The van der Waals surface area contributed by atoms with Crippen LogP contribution >= 0.6 is 11.3 Å². The van der Waals surface area contributed by atoms with Crippen LogP contribution in [0.1, 0.15) is 21.1 Å². The van der Waals surface area contributed by atoms with Crippen LogP contribution in [-0.4, -0.2) is 15.7 Å². The lowest BCUT2D eigenvalue weighted by atomic mass is 10.2. The molecule has 0 aliphatic carbocycles. The molecule has 0 N–H and O–H groups in total. The molecule has 27 heavy (non-hydrogen) atoms. The SMILES string of the molecule is Cc1nn(C)c2sc(C(=O)N(Cc3ccco3)c3ccc(F)cc3F)cc12. The number of aromatic nitrogens is 2. The van der Waals surface area contributed by atoms with Crippen molar-refractivity contribution in [3.05, 3.63) is 70.6 Å². The van der Waals surface area contributed by atoms with E-state index in [2.05, 4.69) is 5.10 Å². The Morgan fingerprint density at radius 1 is 1.30 bits per heavy atom. The Morgan fingerprint density at radius 2 is 2.11 bits per heavy atom. The van der Waals surface area contributed by atoms with E-state index in [1.807, 2.05) is 6.92 Å². The van der Waals surface area contributed by atoms with Crippen molar-refractivity contribution in [3.8, 4) is 0 Å². The highest BCUT2D eigenvalue weighted by atomic mass is 32.1. The molecule has 0 radical (unpaired) electrons. The van der Waals surface area contributed by atoms with Gasteiger partial charge in [0.2, 0.25) is 0 Å². The summed E-state index contributed by atoms with van der Waals surface area (Å²) >= 11 is 1.28. The first kappa shape index (κ1) is 17.4. The van der Waals surface area contributed by atoms with Crippen molar-refractivity contribution >= 4 is 33.1 Å². The monoisotopic (exact) mass is 387 g/mol. The maximum Gasteiger partial charge on any atom is 0.268 e. The maximum absolute atomic E-state index is 14.4. The number of benzene rings is 1. The fourth-order valence-corrected chi connectivity index (χ4v) is 4.04. The Labute approximate surface area is 157 Å². The zero-order valence-electron chi connectivity index (χ0n) is 14.6. The lowest BCUT2D eigenvalue weighted by molar-refractivity contribution is 0.0986. The molecule has 0 spiro atoms. The molecule has 3 aromatic heterocycles. The van der Waals surface area contributed by atoms with Crippen molar-refractivity contribution in [1.82, 2.24) is 9.78 Å². The molecular formula is C19H15F2N3O2S. The van der Waals surface area contributed by atoms with E-state index in [0.29, 0.717) is 10.6 Å². The Kier molecular flexibility index (Phi) is 4.27. The first-order valence-corrected chi connectivity index (χ1v) is 8.98. The zero-order valence-corrected chi connectivity index (χ0v) is 15.4. The van der Waals surface area contributed by atoms with E-state index in [9.17, 15) is 13.6 Å². The molecule has 0 fully saturated rings. The van der Waals surface area contributed by atoms with Gasteiger partial charge < -0.3 is 4.42 Å². The number of nitrogens with zero attached hydrogens (tertiary/aromatic N) is 3. The molecule has 138 valence electrons. The molecule has 1 amide bonds. The summed E-state index contributed by atoms with van der Waals surface area (Å²) in [4.78, 5) is 15.8. The molecule has 1 aromatic carbocycles. The molecule has 3 heterocycles. The number of anilines is 1. The summed E-state index contributed by atoms with van der Waals surface area (Å²) in [5.41, 5.74) is 0.804. The number of carbonyl (C=O) groups is 1. The van der Waals surface area contributed by atoms with E-state index < -0.39 is 17.5 Å². The van der Waals surface area contributed by atoms with Gasteiger partial charge in [-0.05, 0) is 37.3 Å². The largest absolute Gasteiger partial charge is 0.467 e. The highest BCUT2D eigenvalue weighted by Gasteiger charge is 2.25. The predicted molar refractivity (Wildman–Crippen MR) is 98.9 cm³/mol. The standard InChI is InChI=1S/C19H15F2N3O2S/c1-11-14-9-17(27-19(14)23(2)22-11)18(25)24(10-13-4-3-7-26-13)16-6-5-12(20)8-15(16)21/h3-9H,10H2,1-2H3. The molecule has 4 rings (SSSR count). The summed E-state index contributed by atoms with van der Waals surface area (Å²) < 4.78 is 34.8. The van der Waals surface area contributed by atoms with Gasteiger partial charge in [-0.2, -0.15) is 5.10 Å². The Bertz CT molecular complexity index is 1100. The van der Waals surface area contributed by atoms with Gasteiger partial charge in [-0.25, -0.2) is 8.78 Å². The average molecular weight is 387 g/mol. The van der Waals surface area contributed by atoms with Crippen LogP contribution in [0.3, 0.4) is 0 Å². The zero-order chi connectivity index (χ0) is 19.1. The number of amides is 1. The smallest absolute Gasteiger partial charge is 0.268 e. The molecular weight excluding hydrogens is 372 g/mol. The van der Waals surface area contributed by atoms with E-state index in [1.165, 1.54) is 28.6 Å². The molecule has 0 aliphatic rings. The lowest BCUT2D eigenvalue weighted by Gasteiger charge is -2.21. The van der Waals surface area contributed by atoms with E-state index in [1.54, 1.807) is 29.9 Å². The normalized spacial score (nSPS) is 11.3. The Morgan fingerprint density at radius 3 is 2.78 bits per heavy atom. The maximum atomic E-state index is 14.4. The second-order valence-electron chi connectivity index (χ2n) is 6.10. The summed E-state index contributed by atoms with van der Waals surface area (Å²) in [5.74, 6) is -1.41. The second-order valence-corrected chi connectivity index (χ2v) is 7.14. The number of halogens is 2. The molecule has 0 saturated heterocycles. The number of hydrogen-bond donors (Lipinski definition) is 0. The molecule has 0 unspecified atom stereocenters. The van der Waals surface area contributed by atoms with Crippen LogP contribution in [-0.2, 0) is 13.6 Å². The first-order valence-electron chi connectivity index (χ1n) is 8.16. The Balaban J connectivity index is 1.78. The van der Waals surface area contributed by atoms with Crippen LogP contribution < -0.4 is 4.90 Å². The molecule has 0 atom stereocenters. The number of furan rings is 1. The van der Waals surface area contributed by atoms with Crippen LogP contribution in [0.4, 0.5) is 14.5 Å². The predicted octanol–water partition coefficient (Wildman–Crippen LogP) is 4.66. The number of hydrogen-bond acceptors (Lipinski definition) is 4. The van der Waals surface area contributed by atoms with E-state index in [-0.39, 0.29) is 12.2 Å². The Hall–Kier alpha value is -3.00. The van der Waals surface area contributed by atoms with Crippen molar-refractivity contribution in [3.63, 3.8) is 0 Å². The summed E-state index contributed by atoms with van der Waals surface area (Å²) in [7, 11) is 1.81.